The Labute approximate surface area is 168 Å². The lowest BCUT2D eigenvalue weighted by Gasteiger charge is -2.22. The SMILES string of the molecule is O=[N+]([O-])c1cn2c(n1)OC[C@@H](OCc1ccc(-c3ccc(C(F)(F)F)cc3)nc1)C2. The van der Waals surface area contributed by atoms with Gasteiger partial charge in [0.2, 0.25) is 0 Å². The van der Waals surface area contributed by atoms with Crippen molar-refractivity contribution in [3.8, 4) is 17.3 Å². The predicted molar refractivity (Wildman–Crippen MR) is 97.6 cm³/mol. The molecule has 1 aliphatic rings. The number of nitro groups is 1. The molecule has 3 aromatic rings. The molecule has 0 spiro atoms. The largest absolute Gasteiger partial charge is 0.443 e. The molecular formula is C19H15F3N4O4. The van der Waals surface area contributed by atoms with Crippen LogP contribution in [0.2, 0.25) is 0 Å². The van der Waals surface area contributed by atoms with E-state index in [1.165, 1.54) is 22.9 Å². The van der Waals surface area contributed by atoms with Crippen molar-refractivity contribution in [2.45, 2.75) is 25.4 Å². The average molecular weight is 420 g/mol. The standard InChI is InChI=1S/C19H15F3N4O4/c20-19(21,22)14-4-2-13(3-5-14)16-6-1-12(7-23-16)10-29-15-8-25-9-17(26(27)28)24-18(25)30-11-15/h1-7,9,15H,8,10-11H2/t15-/m0/s1. The highest BCUT2D eigenvalue weighted by molar-refractivity contribution is 5.59. The number of aromatic nitrogens is 3. The molecule has 0 fully saturated rings. The van der Waals surface area contributed by atoms with Crippen LogP contribution < -0.4 is 4.74 Å². The normalized spacial score (nSPS) is 16.0. The van der Waals surface area contributed by atoms with Crippen LogP contribution in [0, 0.1) is 10.1 Å². The molecule has 0 unspecified atom stereocenters. The van der Waals surface area contributed by atoms with Gasteiger partial charge in [0, 0.05) is 16.7 Å². The summed E-state index contributed by atoms with van der Waals surface area (Å²) in [5.41, 5.74) is 1.18. The minimum atomic E-state index is -4.38. The Morgan fingerprint density at radius 2 is 2.00 bits per heavy atom. The fourth-order valence-corrected chi connectivity index (χ4v) is 2.98. The average Bonchev–Trinajstić information content (AvgIpc) is 3.16. The van der Waals surface area contributed by atoms with E-state index in [1.54, 1.807) is 18.3 Å². The lowest BCUT2D eigenvalue weighted by Crippen LogP contribution is -2.32. The molecule has 1 aromatic carbocycles. The van der Waals surface area contributed by atoms with Gasteiger partial charge in [0.25, 0.3) is 0 Å². The maximum absolute atomic E-state index is 12.7. The monoisotopic (exact) mass is 420 g/mol. The molecule has 0 saturated carbocycles. The van der Waals surface area contributed by atoms with Gasteiger partial charge >= 0.3 is 18.0 Å². The number of pyridine rings is 1. The predicted octanol–water partition coefficient (Wildman–Crippen LogP) is 3.85. The Balaban J connectivity index is 1.35. The third-order valence-corrected chi connectivity index (χ3v) is 4.53. The van der Waals surface area contributed by atoms with Gasteiger partial charge in [-0.2, -0.15) is 13.2 Å². The van der Waals surface area contributed by atoms with Crippen LogP contribution in [-0.2, 0) is 24.1 Å². The van der Waals surface area contributed by atoms with E-state index in [9.17, 15) is 23.3 Å². The number of nitrogens with zero attached hydrogens (tertiary/aromatic N) is 4. The van der Waals surface area contributed by atoms with Gasteiger partial charge < -0.3 is 19.6 Å². The number of imidazole rings is 1. The summed E-state index contributed by atoms with van der Waals surface area (Å²) in [4.78, 5) is 18.3. The van der Waals surface area contributed by atoms with Crippen LogP contribution in [0.15, 0.2) is 48.8 Å². The molecule has 0 saturated heterocycles. The molecule has 1 aliphatic heterocycles. The zero-order chi connectivity index (χ0) is 21.3. The summed E-state index contributed by atoms with van der Waals surface area (Å²) in [5, 5.41) is 10.8. The molecule has 8 nitrogen and oxygen atoms in total. The zero-order valence-corrected chi connectivity index (χ0v) is 15.4. The minimum absolute atomic E-state index is 0.184. The molecule has 0 amide bonds. The zero-order valence-electron chi connectivity index (χ0n) is 15.4. The molecule has 0 radical (unpaired) electrons. The summed E-state index contributed by atoms with van der Waals surface area (Å²) in [5.74, 6) is -0.284. The Morgan fingerprint density at radius 3 is 2.63 bits per heavy atom. The number of hydrogen-bond donors (Lipinski definition) is 0. The van der Waals surface area contributed by atoms with Gasteiger partial charge in [0.05, 0.1) is 24.4 Å². The fraction of sp³-hybridized carbons (Fsp3) is 0.263. The summed E-state index contributed by atoms with van der Waals surface area (Å²) in [6, 6.07) is 8.46. The molecule has 2 aromatic heterocycles. The highest BCUT2D eigenvalue weighted by Crippen LogP contribution is 2.30. The van der Waals surface area contributed by atoms with E-state index in [4.69, 9.17) is 9.47 Å². The minimum Gasteiger partial charge on any atom is -0.443 e. The number of rotatable bonds is 5. The molecule has 1 atom stereocenters. The van der Waals surface area contributed by atoms with Crippen molar-refractivity contribution in [3.63, 3.8) is 0 Å². The Kier molecular flexibility index (Phi) is 5.12. The molecule has 30 heavy (non-hydrogen) atoms. The van der Waals surface area contributed by atoms with Crippen LogP contribution in [0.3, 0.4) is 0 Å². The molecule has 11 heteroatoms. The maximum Gasteiger partial charge on any atom is 0.416 e. The van der Waals surface area contributed by atoms with Crippen LogP contribution in [0.4, 0.5) is 19.0 Å². The van der Waals surface area contributed by atoms with E-state index in [1.807, 2.05) is 0 Å². The van der Waals surface area contributed by atoms with Gasteiger partial charge in [-0.1, -0.05) is 18.2 Å². The van der Waals surface area contributed by atoms with Crippen LogP contribution in [0.25, 0.3) is 11.3 Å². The summed E-state index contributed by atoms with van der Waals surface area (Å²) in [7, 11) is 0. The van der Waals surface area contributed by atoms with Gasteiger partial charge in [-0.15, -0.1) is 0 Å². The number of alkyl halides is 3. The van der Waals surface area contributed by atoms with Crippen molar-refractivity contribution < 1.29 is 27.6 Å². The number of benzene rings is 1. The number of fused-ring (bicyclic) bond motifs is 1. The molecule has 0 aliphatic carbocycles. The molecule has 0 N–H and O–H groups in total. The fourth-order valence-electron chi connectivity index (χ4n) is 2.98. The molecular weight excluding hydrogens is 405 g/mol. The number of ether oxygens (including phenoxy) is 2. The lowest BCUT2D eigenvalue weighted by atomic mass is 10.1. The number of halogens is 3. The summed E-state index contributed by atoms with van der Waals surface area (Å²) < 4.78 is 50.7. The van der Waals surface area contributed by atoms with Gasteiger partial charge in [0.15, 0.2) is 0 Å². The first-order chi connectivity index (χ1) is 14.3. The van der Waals surface area contributed by atoms with Crippen molar-refractivity contribution in [3.05, 3.63) is 70.0 Å². The van der Waals surface area contributed by atoms with E-state index in [2.05, 4.69) is 9.97 Å². The first-order valence-corrected chi connectivity index (χ1v) is 8.88. The quantitative estimate of drug-likeness (QED) is 0.460. The Bertz CT molecular complexity index is 1050. The molecule has 4 rings (SSSR count). The van der Waals surface area contributed by atoms with Crippen molar-refractivity contribution in [1.82, 2.24) is 14.5 Å². The van der Waals surface area contributed by atoms with Crippen LogP contribution in [0.5, 0.6) is 6.01 Å². The topological polar surface area (TPSA) is 92.3 Å². The van der Waals surface area contributed by atoms with Gasteiger partial charge in [-0.05, 0) is 28.7 Å². The first-order valence-electron chi connectivity index (χ1n) is 8.88. The highest BCUT2D eigenvalue weighted by Gasteiger charge is 2.30. The summed E-state index contributed by atoms with van der Waals surface area (Å²) in [6.45, 7) is 0.818. The van der Waals surface area contributed by atoms with E-state index in [0.29, 0.717) is 17.8 Å². The number of hydrogen-bond acceptors (Lipinski definition) is 6. The second kappa shape index (κ2) is 7.75. The van der Waals surface area contributed by atoms with Crippen molar-refractivity contribution in [2.24, 2.45) is 0 Å². The molecule has 0 bridgehead atoms. The second-order valence-electron chi connectivity index (χ2n) is 6.66. The highest BCUT2D eigenvalue weighted by atomic mass is 19.4. The maximum atomic E-state index is 12.7. The Hall–Kier alpha value is -3.47. The van der Waals surface area contributed by atoms with Crippen molar-refractivity contribution in [1.29, 1.82) is 0 Å². The summed E-state index contributed by atoms with van der Waals surface area (Å²) >= 11 is 0. The van der Waals surface area contributed by atoms with Crippen molar-refractivity contribution in [2.75, 3.05) is 6.61 Å². The van der Waals surface area contributed by atoms with Crippen molar-refractivity contribution >= 4 is 5.82 Å². The molecule has 156 valence electrons. The van der Waals surface area contributed by atoms with E-state index in [-0.39, 0.29) is 31.1 Å². The lowest BCUT2D eigenvalue weighted by molar-refractivity contribution is -0.389. The smallest absolute Gasteiger partial charge is 0.416 e. The third kappa shape index (κ3) is 4.25. The van der Waals surface area contributed by atoms with Gasteiger partial charge in [-0.25, -0.2) is 0 Å². The van der Waals surface area contributed by atoms with Crippen LogP contribution in [-0.4, -0.2) is 32.2 Å². The van der Waals surface area contributed by atoms with Crippen LogP contribution in [0.1, 0.15) is 11.1 Å². The third-order valence-electron chi connectivity index (χ3n) is 4.53. The van der Waals surface area contributed by atoms with E-state index < -0.39 is 16.7 Å². The molecule has 3 heterocycles. The van der Waals surface area contributed by atoms with E-state index >= 15 is 0 Å². The van der Waals surface area contributed by atoms with Gasteiger partial charge in [-0.3, -0.25) is 9.55 Å². The Morgan fingerprint density at radius 1 is 1.23 bits per heavy atom. The second-order valence-corrected chi connectivity index (χ2v) is 6.66. The van der Waals surface area contributed by atoms with Crippen LogP contribution >= 0.6 is 0 Å². The van der Waals surface area contributed by atoms with Gasteiger partial charge in [0.1, 0.15) is 18.9 Å². The first kappa shape index (κ1) is 19.8. The van der Waals surface area contributed by atoms with E-state index in [0.717, 1.165) is 17.7 Å². The summed E-state index contributed by atoms with van der Waals surface area (Å²) in [6.07, 6.45) is -1.81.